The lowest BCUT2D eigenvalue weighted by Crippen LogP contribution is -2.26. The van der Waals surface area contributed by atoms with Crippen molar-refractivity contribution in [3.63, 3.8) is 0 Å². The number of amides is 1. The molecule has 0 fully saturated rings. The minimum atomic E-state index is -0.00309. The van der Waals surface area contributed by atoms with E-state index in [1.165, 1.54) is 0 Å². The average molecular weight is 261 g/mol. The molecule has 1 aromatic heterocycles. The van der Waals surface area contributed by atoms with E-state index in [9.17, 15) is 4.79 Å². The first-order valence-electron chi connectivity index (χ1n) is 5.76. The predicted octanol–water partition coefficient (Wildman–Crippen LogP) is 1.46. The molecule has 94 valence electrons. The van der Waals surface area contributed by atoms with Crippen molar-refractivity contribution in [2.75, 3.05) is 12.3 Å². The fourth-order valence-electron chi connectivity index (χ4n) is 1.62. The van der Waals surface area contributed by atoms with E-state index in [0.717, 1.165) is 11.3 Å². The summed E-state index contributed by atoms with van der Waals surface area (Å²) >= 11 is 4.04. The van der Waals surface area contributed by atoms with Crippen LogP contribution in [0.3, 0.4) is 0 Å². The molecule has 0 saturated carbocycles. The van der Waals surface area contributed by atoms with E-state index in [1.54, 1.807) is 10.9 Å². The van der Waals surface area contributed by atoms with Crippen LogP contribution in [-0.4, -0.2) is 28.0 Å². The standard InChI is InChI=1S/C13H15N3OS/c17-13(14-6-7-18)8-11-9-15-16(10-11)12-4-2-1-3-5-12/h1-5,9-10,18H,6-8H2,(H,14,17). The van der Waals surface area contributed by atoms with Crippen molar-refractivity contribution in [1.82, 2.24) is 15.1 Å². The number of hydrogen-bond acceptors (Lipinski definition) is 3. The molecule has 0 unspecified atom stereocenters. The molecule has 5 heteroatoms. The van der Waals surface area contributed by atoms with Gasteiger partial charge in [-0.2, -0.15) is 17.7 Å². The average Bonchev–Trinajstić information content (AvgIpc) is 2.86. The van der Waals surface area contributed by atoms with E-state index in [2.05, 4.69) is 23.0 Å². The van der Waals surface area contributed by atoms with Crippen molar-refractivity contribution in [3.8, 4) is 5.69 Å². The summed E-state index contributed by atoms with van der Waals surface area (Å²) < 4.78 is 1.77. The Hall–Kier alpha value is -1.75. The van der Waals surface area contributed by atoms with Crippen molar-refractivity contribution in [1.29, 1.82) is 0 Å². The summed E-state index contributed by atoms with van der Waals surface area (Å²) in [6.45, 7) is 0.592. The number of hydrogen-bond donors (Lipinski definition) is 2. The zero-order valence-corrected chi connectivity index (χ0v) is 10.8. The Labute approximate surface area is 111 Å². The minimum absolute atomic E-state index is 0.00309. The van der Waals surface area contributed by atoms with Gasteiger partial charge in [0.15, 0.2) is 0 Å². The molecule has 0 aliphatic heterocycles. The fourth-order valence-corrected chi connectivity index (χ4v) is 1.73. The molecule has 2 rings (SSSR count). The molecule has 2 aromatic rings. The molecule has 1 aromatic carbocycles. The third-order valence-corrected chi connectivity index (χ3v) is 2.68. The second kappa shape index (κ2) is 6.26. The van der Waals surface area contributed by atoms with Gasteiger partial charge in [-0.25, -0.2) is 4.68 Å². The lowest BCUT2D eigenvalue weighted by atomic mass is 10.2. The largest absolute Gasteiger partial charge is 0.355 e. The van der Waals surface area contributed by atoms with E-state index >= 15 is 0 Å². The smallest absolute Gasteiger partial charge is 0.224 e. The monoisotopic (exact) mass is 261 g/mol. The van der Waals surface area contributed by atoms with Gasteiger partial charge >= 0.3 is 0 Å². The molecular formula is C13H15N3OS. The summed E-state index contributed by atoms with van der Waals surface area (Å²) in [6, 6.07) is 9.81. The Morgan fingerprint density at radius 2 is 2.11 bits per heavy atom. The van der Waals surface area contributed by atoms with Crippen molar-refractivity contribution in [2.24, 2.45) is 0 Å². The van der Waals surface area contributed by atoms with Crippen LogP contribution in [0.1, 0.15) is 5.56 Å². The number of nitrogens with zero attached hydrogens (tertiary/aromatic N) is 2. The van der Waals surface area contributed by atoms with Gasteiger partial charge in [0.1, 0.15) is 0 Å². The molecule has 0 aliphatic rings. The summed E-state index contributed by atoms with van der Waals surface area (Å²) in [7, 11) is 0. The minimum Gasteiger partial charge on any atom is -0.355 e. The second-order valence-corrected chi connectivity index (χ2v) is 4.33. The van der Waals surface area contributed by atoms with E-state index < -0.39 is 0 Å². The quantitative estimate of drug-likeness (QED) is 0.801. The summed E-state index contributed by atoms with van der Waals surface area (Å²) in [6.07, 6.45) is 3.93. The van der Waals surface area contributed by atoms with Gasteiger partial charge in [0.05, 0.1) is 18.3 Å². The first-order valence-corrected chi connectivity index (χ1v) is 6.39. The molecule has 0 aliphatic carbocycles. The Kier molecular flexibility index (Phi) is 4.41. The third-order valence-electron chi connectivity index (χ3n) is 2.46. The topological polar surface area (TPSA) is 46.9 Å². The SMILES string of the molecule is O=C(Cc1cnn(-c2ccccc2)c1)NCCS. The molecule has 1 N–H and O–H groups in total. The zero-order valence-electron chi connectivity index (χ0n) is 9.91. The number of aromatic nitrogens is 2. The van der Waals surface area contributed by atoms with Crippen LogP contribution in [0.5, 0.6) is 0 Å². The van der Waals surface area contributed by atoms with Crippen molar-refractivity contribution in [3.05, 3.63) is 48.3 Å². The molecule has 1 heterocycles. The maximum Gasteiger partial charge on any atom is 0.224 e. The lowest BCUT2D eigenvalue weighted by Gasteiger charge is -2.01. The van der Waals surface area contributed by atoms with Gasteiger partial charge in [-0.1, -0.05) is 18.2 Å². The number of carbonyl (C=O) groups is 1. The van der Waals surface area contributed by atoms with Crippen LogP contribution in [0.15, 0.2) is 42.7 Å². The summed E-state index contributed by atoms with van der Waals surface area (Å²) in [5.41, 5.74) is 1.88. The normalized spacial score (nSPS) is 10.3. The number of nitrogens with one attached hydrogen (secondary N) is 1. The Bertz CT molecular complexity index is 510. The molecule has 0 saturated heterocycles. The first kappa shape index (κ1) is 12.7. The molecule has 0 radical (unpaired) electrons. The van der Waals surface area contributed by atoms with Gasteiger partial charge in [0.2, 0.25) is 5.91 Å². The van der Waals surface area contributed by atoms with Gasteiger partial charge in [-0.3, -0.25) is 4.79 Å². The molecule has 0 spiro atoms. The summed E-state index contributed by atoms with van der Waals surface area (Å²) in [5.74, 6) is 0.645. The summed E-state index contributed by atoms with van der Waals surface area (Å²) in [5, 5.41) is 7.02. The highest BCUT2D eigenvalue weighted by atomic mass is 32.1. The van der Waals surface area contributed by atoms with Crippen LogP contribution >= 0.6 is 12.6 Å². The zero-order chi connectivity index (χ0) is 12.8. The van der Waals surface area contributed by atoms with Crippen LogP contribution < -0.4 is 5.32 Å². The van der Waals surface area contributed by atoms with Crippen molar-refractivity contribution in [2.45, 2.75) is 6.42 Å². The van der Waals surface area contributed by atoms with Crippen LogP contribution in [0.2, 0.25) is 0 Å². The van der Waals surface area contributed by atoms with Crippen LogP contribution in [-0.2, 0) is 11.2 Å². The molecule has 1 amide bonds. The summed E-state index contributed by atoms with van der Waals surface area (Å²) in [4.78, 5) is 11.5. The van der Waals surface area contributed by atoms with Gasteiger partial charge in [-0.15, -0.1) is 0 Å². The highest BCUT2D eigenvalue weighted by Crippen LogP contribution is 2.07. The van der Waals surface area contributed by atoms with Gasteiger partial charge in [0, 0.05) is 18.5 Å². The van der Waals surface area contributed by atoms with Crippen LogP contribution in [0.25, 0.3) is 5.69 Å². The molecule has 0 atom stereocenters. The molecule has 0 bridgehead atoms. The van der Waals surface area contributed by atoms with Gasteiger partial charge < -0.3 is 5.32 Å². The first-order chi connectivity index (χ1) is 8.79. The van der Waals surface area contributed by atoms with Crippen molar-refractivity contribution < 1.29 is 4.79 Å². The second-order valence-electron chi connectivity index (χ2n) is 3.88. The maximum absolute atomic E-state index is 11.5. The van der Waals surface area contributed by atoms with Gasteiger partial charge in [0.25, 0.3) is 0 Å². The van der Waals surface area contributed by atoms with Crippen LogP contribution in [0, 0.1) is 0 Å². The highest BCUT2D eigenvalue weighted by molar-refractivity contribution is 7.80. The number of benzene rings is 1. The number of para-hydroxylation sites is 1. The van der Waals surface area contributed by atoms with E-state index in [0.29, 0.717) is 18.7 Å². The van der Waals surface area contributed by atoms with E-state index in [-0.39, 0.29) is 5.91 Å². The van der Waals surface area contributed by atoms with E-state index in [4.69, 9.17) is 0 Å². The maximum atomic E-state index is 11.5. The van der Waals surface area contributed by atoms with Gasteiger partial charge in [-0.05, 0) is 17.7 Å². The highest BCUT2D eigenvalue weighted by Gasteiger charge is 2.05. The predicted molar refractivity (Wildman–Crippen MR) is 74.1 cm³/mol. The van der Waals surface area contributed by atoms with E-state index in [1.807, 2.05) is 36.5 Å². The lowest BCUT2D eigenvalue weighted by molar-refractivity contribution is -0.120. The molecular weight excluding hydrogens is 246 g/mol. The Morgan fingerprint density at radius 3 is 2.83 bits per heavy atom. The van der Waals surface area contributed by atoms with Crippen molar-refractivity contribution >= 4 is 18.5 Å². The van der Waals surface area contributed by atoms with Crippen LogP contribution in [0.4, 0.5) is 0 Å². The number of thiol groups is 1. The third kappa shape index (κ3) is 3.37. The molecule has 4 nitrogen and oxygen atoms in total. The Balaban J connectivity index is 2.00. The number of rotatable bonds is 5. The molecule has 18 heavy (non-hydrogen) atoms. The number of carbonyl (C=O) groups excluding carboxylic acids is 1. The fraction of sp³-hybridized carbons (Fsp3) is 0.231. The Morgan fingerprint density at radius 1 is 1.33 bits per heavy atom.